The molecule has 30 heavy (non-hydrogen) atoms. The van der Waals surface area contributed by atoms with Gasteiger partial charge in [0.25, 0.3) is 5.56 Å². The Labute approximate surface area is 181 Å². The van der Waals surface area contributed by atoms with Gasteiger partial charge in [-0.05, 0) is 42.4 Å². The van der Waals surface area contributed by atoms with Crippen LogP contribution in [0.25, 0.3) is 11.4 Å². The van der Waals surface area contributed by atoms with Crippen molar-refractivity contribution in [2.24, 2.45) is 5.41 Å². The van der Waals surface area contributed by atoms with Crippen molar-refractivity contribution in [1.82, 2.24) is 31.1 Å². The summed E-state index contributed by atoms with van der Waals surface area (Å²) in [6, 6.07) is 4.62. The lowest BCUT2D eigenvalue weighted by Crippen LogP contribution is -2.45. The molecule has 2 aromatic heterocycles. The number of hydrogen-bond donors (Lipinski definition) is 4. The lowest BCUT2D eigenvalue weighted by Gasteiger charge is -2.26. The molecule has 3 rings (SSSR count). The first-order chi connectivity index (χ1) is 14.3. The Morgan fingerprint density at radius 3 is 2.80 bits per heavy atom. The summed E-state index contributed by atoms with van der Waals surface area (Å²) in [5.41, 5.74) is 7.41. The van der Waals surface area contributed by atoms with Crippen LogP contribution in [0.2, 0.25) is 0 Å². The van der Waals surface area contributed by atoms with Crippen LogP contribution in [0.3, 0.4) is 0 Å². The van der Waals surface area contributed by atoms with E-state index in [1.807, 2.05) is 12.3 Å². The second-order valence-electron chi connectivity index (χ2n) is 8.60. The molecule has 1 amide bonds. The Kier molecular flexibility index (Phi) is 7.27. The molecule has 1 fully saturated rings. The number of nitrogens with one attached hydrogen (secondary N) is 4. The van der Waals surface area contributed by atoms with Crippen molar-refractivity contribution in [2.45, 2.75) is 51.7 Å². The highest BCUT2D eigenvalue weighted by molar-refractivity contribution is 7.98. The average molecular weight is 431 g/mol. The number of H-pyrrole nitrogens is 1. The molecule has 4 N–H and O–H groups in total. The fourth-order valence-electron chi connectivity index (χ4n) is 3.39. The zero-order valence-electron chi connectivity index (χ0n) is 17.9. The first-order valence-corrected chi connectivity index (χ1v) is 11.5. The Hall–Kier alpha value is -2.23. The van der Waals surface area contributed by atoms with Crippen molar-refractivity contribution in [3.63, 3.8) is 0 Å². The van der Waals surface area contributed by atoms with Crippen molar-refractivity contribution < 1.29 is 4.79 Å². The summed E-state index contributed by atoms with van der Waals surface area (Å²) >= 11 is 1.69. The van der Waals surface area contributed by atoms with Gasteiger partial charge in [0.2, 0.25) is 5.91 Å². The molecule has 0 saturated carbocycles. The summed E-state index contributed by atoms with van der Waals surface area (Å²) in [6.45, 7) is 6.44. The molecule has 0 aliphatic carbocycles. The van der Waals surface area contributed by atoms with Gasteiger partial charge in [-0.1, -0.05) is 20.8 Å². The van der Waals surface area contributed by atoms with E-state index in [9.17, 15) is 9.59 Å². The standard InChI is InChI=1S/C21H30N6O2S/c1-21(2,3)17-10-16(26-27-17)20(29)24-14(7-9-30-4)15-11-18(28)25-19(23-15)13-6-5-8-22-12-13/h5-6,8,11-12,14,16-17,26-27H,7,9-10H2,1-4H3,(H,24,29)(H,23,25,28). The molecular formula is C21H30N6O2S. The molecule has 0 spiro atoms. The summed E-state index contributed by atoms with van der Waals surface area (Å²) in [7, 11) is 0. The Morgan fingerprint density at radius 1 is 1.37 bits per heavy atom. The molecule has 1 aliphatic rings. The Morgan fingerprint density at radius 2 is 2.17 bits per heavy atom. The number of aromatic nitrogens is 3. The predicted octanol–water partition coefficient (Wildman–Crippen LogP) is 2.02. The molecule has 2 aromatic rings. The van der Waals surface area contributed by atoms with E-state index in [-0.39, 0.29) is 35.0 Å². The molecule has 3 atom stereocenters. The minimum atomic E-state index is -0.349. The van der Waals surface area contributed by atoms with Crippen LogP contribution in [0.1, 0.15) is 45.3 Å². The summed E-state index contributed by atoms with van der Waals surface area (Å²) in [4.78, 5) is 36.7. The number of hydrazine groups is 1. The van der Waals surface area contributed by atoms with Gasteiger partial charge in [0.1, 0.15) is 11.9 Å². The summed E-state index contributed by atoms with van der Waals surface area (Å²) in [5.74, 6) is 1.19. The number of amides is 1. The van der Waals surface area contributed by atoms with Gasteiger partial charge in [-0.2, -0.15) is 11.8 Å². The van der Waals surface area contributed by atoms with E-state index >= 15 is 0 Å². The predicted molar refractivity (Wildman–Crippen MR) is 120 cm³/mol. The molecular weight excluding hydrogens is 400 g/mol. The Balaban J connectivity index is 1.80. The first-order valence-electron chi connectivity index (χ1n) is 10.1. The van der Waals surface area contributed by atoms with Crippen LogP contribution in [0, 0.1) is 5.41 Å². The highest BCUT2D eigenvalue weighted by Crippen LogP contribution is 2.26. The van der Waals surface area contributed by atoms with Crippen LogP contribution < -0.4 is 21.7 Å². The van der Waals surface area contributed by atoms with Crippen molar-refractivity contribution in [3.8, 4) is 11.4 Å². The van der Waals surface area contributed by atoms with Crippen molar-refractivity contribution in [3.05, 3.63) is 46.6 Å². The number of rotatable bonds is 7. The lowest BCUT2D eigenvalue weighted by atomic mass is 9.84. The lowest BCUT2D eigenvalue weighted by molar-refractivity contribution is -0.123. The van der Waals surface area contributed by atoms with Gasteiger partial charge in [0, 0.05) is 30.1 Å². The van der Waals surface area contributed by atoms with Crippen LogP contribution >= 0.6 is 11.8 Å². The van der Waals surface area contributed by atoms with Crippen LogP contribution in [0.15, 0.2) is 35.4 Å². The van der Waals surface area contributed by atoms with E-state index in [0.29, 0.717) is 24.4 Å². The topological polar surface area (TPSA) is 112 Å². The van der Waals surface area contributed by atoms with Crippen LogP contribution in [0.4, 0.5) is 0 Å². The number of carbonyl (C=O) groups excluding carboxylic acids is 1. The fraction of sp³-hybridized carbons (Fsp3) is 0.524. The SMILES string of the molecule is CSCCC(NC(=O)C1CC(C(C)(C)C)NN1)c1cc(=O)[nH]c(-c2cccnc2)n1. The number of aromatic amines is 1. The number of carbonyl (C=O) groups is 1. The minimum Gasteiger partial charge on any atom is -0.346 e. The second-order valence-corrected chi connectivity index (χ2v) is 9.58. The van der Waals surface area contributed by atoms with Gasteiger partial charge in [0.05, 0.1) is 11.7 Å². The van der Waals surface area contributed by atoms with Crippen molar-refractivity contribution in [2.75, 3.05) is 12.0 Å². The molecule has 0 radical (unpaired) electrons. The van der Waals surface area contributed by atoms with Gasteiger partial charge in [0.15, 0.2) is 0 Å². The second kappa shape index (κ2) is 9.72. The number of nitrogens with zero attached hydrogens (tertiary/aromatic N) is 2. The fourth-order valence-corrected chi connectivity index (χ4v) is 3.87. The summed E-state index contributed by atoms with van der Waals surface area (Å²) < 4.78 is 0. The quantitative estimate of drug-likeness (QED) is 0.532. The molecule has 1 saturated heterocycles. The third-order valence-corrected chi connectivity index (χ3v) is 5.89. The van der Waals surface area contributed by atoms with Crippen LogP contribution in [-0.2, 0) is 4.79 Å². The molecule has 1 aliphatic heterocycles. The van der Waals surface area contributed by atoms with Gasteiger partial charge in [-0.25, -0.2) is 10.4 Å². The maximum Gasteiger partial charge on any atom is 0.251 e. The maximum absolute atomic E-state index is 13.0. The van der Waals surface area contributed by atoms with E-state index < -0.39 is 0 Å². The third-order valence-electron chi connectivity index (χ3n) is 5.25. The van der Waals surface area contributed by atoms with Crippen LogP contribution in [-0.4, -0.2) is 45.0 Å². The normalized spacial score (nSPS) is 20.1. The Bertz CT molecular complexity index is 912. The third kappa shape index (κ3) is 5.68. The maximum atomic E-state index is 13.0. The van der Waals surface area contributed by atoms with Gasteiger partial charge >= 0.3 is 0 Å². The number of thioether (sulfide) groups is 1. The van der Waals surface area contributed by atoms with Crippen molar-refractivity contribution in [1.29, 1.82) is 0 Å². The molecule has 162 valence electrons. The number of hydrogen-bond acceptors (Lipinski definition) is 7. The zero-order valence-corrected chi connectivity index (χ0v) is 18.7. The van der Waals surface area contributed by atoms with E-state index in [1.54, 1.807) is 30.2 Å². The first kappa shape index (κ1) is 22.5. The average Bonchev–Trinajstić information content (AvgIpc) is 3.22. The molecule has 0 aromatic carbocycles. The van der Waals surface area contributed by atoms with E-state index in [1.165, 1.54) is 6.07 Å². The van der Waals surface area contributed by atoms with Gasteiger partial charge in [-0.3, -0.25) is 20.0 Å². The highest BCUT2D eigenvalue weighted by Gasteiger charge is 2.36. The minimum absolute atomic E-state index is 0.0488. The zero-order chi connectivity index (χ0) is 21.7. The molecule has 3 heterocycles. The molecule has 3 unspecified atom stereocenters. The van der Waals surface area contributed by atoms with Gasteiger partial charge < -0.3 is 10.3 Å². The summed E-state index contributed by atoms with van der Waals surface area (Å²) in [5, 5.41) is 3.10. The van der Waals surface area contributed by atoms with Crippen LogP contribution in [0.5, 0.6) is 0 Å². The van der Waals surface area contributed by atoms with E-state index in [2.05, 4.69) is 51.9 Å². The van der Waals surface area contributed by atoms with Crippen molar-refractivity contribution >= 4 is 17.7 Å². The molecule has 9 heteroatoms. The number of pyridine rings is 1. The summed E-state index contributed by atoms with van der Waals surface area (Å²) in [6.07, 6.45) is 6.72. The van der Waals surface area contributed by atoms with E-state index in [0.717, 1.165) is 11.3 Å². The van der Waals surface area contributed by atoms with Gasteiger partial charge in [-0.15, -0.1) is 0 Å². The van der Waals surface area contributed by atoms with E-state index in [4.69, 9.17) is 0 Å². The smallest absolute Gasteiger partial charge is 0.251 e. The monoisotopic (exact) mass is 430 g/mol. The molecule has 0 bridgehead atoms. The largest absolute Gasteiger partial charge is 0.346 e. The molecule has 8 nitrogen and oxygen atoms in total. The highest BCUT2D eigenvalue weighted by atomic mass is 32.2.